The summed E-state index contributed by atoms with van der Waals surface area (Å²) in [5, 5.41) is 8.84. The fourth-order valence-corrected chi connectivity index (χ4v) is 2.18. The lowest BCUT2D eigenvalue weighted by Gasteiger charge is -2.21. The Hall–Kier alpha value is -0.333. The third kappa shape index (κ3) is 8.01. The van der Waals surface area contributed by atoms with E-state index in [0.29, 0.717) is 0 Å². The van der Waals surface area contributed by atoms with Crippen molar-refractivity contribution in [3.63, 3.8) is 0 Å². The minimum atomic E-state index is -1.52. The zero-order valence-electron chi connectivity index (χ0n) is 9.26. The van der Waals surface area contributed by atoms with E-state index < -0.39 is 8.32 Å². The van der Waals surface area contributed by atoms with E-state index in [1.165, 1.54) is 12.8 Å². The first-order valence-electron chi connectivity index (χ1n) is 5.07. The van der Waals surface area contributed by atoms with Crippen LogP contribution >= 0.6 is 0 Å². The zero-order chi connectivity index (χ0) is 10.3. The molecular formula is C10H21NOSi. The largest absolute Gasteiger partial charge is 0.402 e. The van der Waals surface area contributed by atoms with Gasteiger partial charge in [-0.15, -0.1) is 0 Å². The van der Waals surface area contributed by atoms with Gasteiger partial charge in [0, 0.05) is 0 Å². The van der Waals surface area contributed by atoms with E-state index in [0.717, 1.165) is 12.8 Å². The van der Waals surface area contributed by atoms with Crippen molar-refractivity contribution in [2.45, 2.75) is 58.4 Å². The molecule has 0 saturated carbocycles. The van der Waals surface area contributed by atoms with Gasteiger partial charge in [0.2, 0.25) is 0 Å². The molecule has 76 valence electrons. The highest BCUT2D eigenvalue weighted by molar-refractivity contribution is 6.69. The third-order valence-corrected chi connectivity index (χ3v) is 2.70. The Labute approximate surface area is 83.0 Å². The first-order valence-corrected chi connectivity index (χ1v) is 8.48. The van der Waals surface area contributed by atoms with E-state index in [4.69, 9.17) is 9.69 Å². The monoisotopic (exact) mass is 199 g/mol. The van der Waals surface area contributed by atoms with Crippen LogP contribution in [0.25, 0.3) is 0 Å². The highest BCUT2D eigenvalue weighted by Crippen LogP contribution is 2.12. The van der Waals surface area contributed by atoms with Crippen LogP contribution in [0.2, 0.25) is 19.6 Å². The molecule has 0 aromatic rings. The van der Waals surface area contributed by atoms with Gasteiger partial charge in [0.1, 0.15) is 6.10 Å². The molecule has 0 aliphatic heterocycles. The zero-order valence-corrected chi connectivity index (χ0v) is 10.3. The lowest BCUT2D eigenvalue weighted by molar-refractivity contribution is 0.233. The molecule has 0 fully saturated rings. The van der Waals surface area contributed by atoms with Crippen LogP contribution in [0.4, 0.5) is 0 Å². The van der Waals surface area contributed by atoms with Crippen LogP contribution in [0, 0.1) is 11.3 Å². The van der Waals surface area contributed by atoms with E-state index in [1.807, 2.05) is 0 Å². The Morgan fingerprint density at radius 1 is 1.31 bits per heavy atom. The van der Waals surface area contributed by atoms with Crippen molar-refractivity contribution in [1.29, 1.82) is 5.26 Å². The second-order valence-corrected chi connectivity index (χ2v) is 8.80. The molecule has 0 rings (SSSR count). The standard InChI is InChI=1S/C10H21NOSi/c1-5-6-7-8-10(9-11)12-13(2,3)4/h10H,5-8H2,1-4H3/t10-/m0/s1. The summed E-state index contributed by atoms with van der Waals surface area (Å²) < 4.78 is 5.71. The highest BCUT2D eigenvalue weighted by atomic mass is 28.4. The summed E-state index contributed by atoms with van der Waals surface area (Å²) in [4.78, 5) is 0. The second kappa shape index (κ2) is 6.17. The van der Waals surface area contributed by atoms with Crippen LogP contribution in [-0.2, 0) is 4.43 Å². The van der Waals surface area contributed by atoms with Gasteiger partial charge < -0.3 is 4.43 Å². The van der Waals surface area contributed by atoms with Crippen molar-refractivity contribution in [3.8, 4) is 6.07 Å². The average molecular weight is 199 g/mol. The van der Waals surface area contributed by atoms with Gasteiger partial charge in [-0.2, -0.15) is 5.26 Å². The molecule has 0 unspecified atom stereocenters. The lowest BCUT2D eigenvalue weighted by Crippen LogP contribution is -2.31. The van der Waals surface area contributed by atoms with Gasteiger partial charge in [-0.3, -0.25) is 0 Å². The van der Waals surface area contributed by atoms with Crippen molar-refractivity contribution in [2.75, 3.05) is 0 Å². The molecule has 0 heterocycles. The molecule has 3 heteroatoms. The molecule has 0 amide bonds. The molecular weight excluding hydrogens is 178 g/mol. The summed E-state index contributed by atoms with van der Waals surface area (Å²) in [6.45, 7) is 8.53. The van der Waals surface area contributed by atoms with E-state index in [1.54, 1.807) is 0 Å². The van der Waals surface area contributed by atoms with Gasteiger partial charge in [-0.25, -0.2) is 0 Å². The number of rotatable bonds is 6. The average Bonchev–Trinajstić information content (AvgIpc) is 2.01. The molecule has 2 nitrogen and oxygen atoms in total. The van der Waals surface area contributed by atoms with Gasteiger partial charge in [-0.05, 0) is 32.5 Å². The summed E-state index contributed by atoms with van der Waals surface area (Å²) >= 11 is 0. The van der Waals surface area contributed by atoms with E-state index in [2.05, 4.69) is 32.6 Å². The van der Waals surface area contributed by atoms with E-state index in [-0.39, 0.29) is 6.10 Å². The number of hydrogen-bond donors (Lipinski definition) is 0. The Kier molecular flexibility index (Phi) is 6.01. The molecule has 0 bridgehead atoms. The van der Waals surface area contributed by atoms with Crippen molar-refractivity contribution in [1.82, 2.24) is 0 Å². The predicted molar refractivity (Wildman–Crippen MR) is 58.0 cm³/mol. The smallest absolute Gasteiger partial charge is 0.185 e. The summed E-state index contributed by atoms with van der Waals surface area (Å²) in [6, 6.07) is 2.23. The number of hydrogen-bond acceptors (Lipinski definition) is 2. The predicted octanol–water partition coefficient (Wildman–Crippen LogP) is 3.31. The molecule has 0 aliphatic rings. The van der Waals surface area contributed by atoms with Crippen molar-refractivity contribution >= 4 is 8.32 Å². The Morgan fingerprint density at radius 3 is 2.31 bits per heavy atom. The topological polar surface area (TPSA) is 33.0 Å². The van der Waals surface area contributed by atoms with Crippen LogP contribution < -0.4 is 0 Å². The van der Waals surface area contributed by atoms with E-state index in [9.17, 15) is 0 Å². The Bertz CT molecular complexity index is 169. The number of unbranched alkanes of at least 4 members (excludes halogenated alkanes) is 2. The Balaban J connectivity index is 3.72. The van der Waals surface area contributed by atoms with Crippen molar-refractivity contribution < 1.29 is 4.43 Å². The summed E-state index contributed by atoms with van der Waals surface area (Å²) in [5.74, 6) is 0. The van der Waals surface area contributed by atoms with Gasteiger partial charge in [0.15, 0.2) is 8.32 Å². The number of nitrogens with zero attached hydrogens (tertiary/aromatic N) is 1. The normalized spacial score (nSPS) is 13.8. The van der Waals surface area contributed by atoms with Crippen LogP contribution in [0.15, 0.2) is 0 Å². The maximum Gasteiger partial charge on any atom is 0.185 e. The molecule has 0 aliphatic carbocycles. The third-order valence-electron chi connectivity index (χ3n) is 1.71. The highest BCUT2D eigenvalue weighted by Gasteiger charge is 2.20. The molecule has 0 aromatic heterocycles. The molecule has 0 radical (unpaired) electrons. The molecule has 0 spiro atoms. The van der Waals surface area contributed by atoms with E-state index >= 15 is 0 Å². The van der Waals surface area contributed by atoms with Gasteiger partial charge >= 0.3 is 0 Å². The Morgan fingerprint density at radius 2 is 1.92 bits per heavy atom. The SMILES string of the molecule is CCCCC[C@@H](C#N)O[Si](C)(C)C. The van der Waals surface area contributed by atoms with Crippen LogP contribution in [0.5, 0.6) is 0 Å². The fraction of sp³-hybridized carbons (Fsp3) is 0.900. The van der Waals surface area contributed by atoms with Crippen LogP contribution in [0.1, 0.15) is 32.6 Å². The molecule has 0 saturated heterocycles. The van der Waals surface area contributed by atoms with Gasteiger partial charge in [0.25, 0.3) is 0 Å². The minimum absolute atomic E-state index is 0.168. The summed E-state index contributed by atoms with van der Waals surface area (Å²) in [6.07, 6.45) is 4.24. The lowest BCUT2D eigenvalue weighted by atomic mass is 10.1. The first kappa shape index (κ1) is 12.7. The molecule has 0 aromatic carbocycles. The number of nitriles is 1. The second-order valence-electron chi connectivity index (χ2n) is 4.34. The van der Waals surface area contributed by atoms with Crippen molar-refractivity contribution in [3.05, 3.63) is 0 Å². The maximum atomic E-state index is 8.84. The molecule has 0 N–H and O–H groups in total. The van der Waals surface area contributed by atoms with Gasteiger partial charge in [-0.1, -0.05) is 19.8 Å². The first-order chi connectivity index (χ1) is 5.99. The maximum absolute atomic E-state index is 8.84. The summed E-state index contributed by atoms with van der Waals surface area (Å²) in [5.41, 5.74) is 0. The fourth-order valence-electron chi connectivity index (χ4n) is 1.16. The van der Waals surface area contributed by atoms with Gasteiger partial charge in [0.05, 0.1) is 6.07 Å². The minimum Gasteiger partial charge on any atom is -0.402 e. The van der Waals surface area contributed by atoms with Crippen molar-refractivity contribution in [2.24, 2.45) is 0 Å². The van der Waals surface area contributed by atoms with Crippen LogP contribution in [-0.4, -0.2) is 14.4 Å². The summed E-state index contributed by atoms with van der Waals surface area (Å²) in [7, 11) is -1.52. The molecule has 13 heavy (non-hydrogen) atoms. The van der Waals surface area contributed by atoms with Crippen LogP contribution in [0.3, 0.4) is 0 Å². The quantitative estimate of drug-likeness (QED) is 0.485. The molecule has 1 atom stereocenters.